The number of fused-ring (bicyclic) bond motifs is 2. The van der Waals surface area contributed by atoms with Gasteiger partial charge in [-0.15, -0.1) is 30.7 Å². The van der Waals surface area contributed by atoms with Gasteiger partial charge in [0, 0.05) is 52.8 Å². The van der Waals surface area contributed by atoms with Crippen molar-refractivity contribution in [3.05, 3.63) is 69.2 Å². The molecule has 18 nitrogen and oxygen atoms in total. The third kappa shape index (κ3) is 11.8. The Morgan fingerprint density at radius 3 is 1.27 bits per heavy atom. The summed E-state index contributed by atoms with van der Waals surface area (Å²) >= 11 is 0. The Morgan fingerprint density at radius 1 is 0.618 bits per heavy atom. The maximum Gasteiger partial charge on any atom is 0.373 e. The van der Waals surface area contributed by atoms with Crippen LogP contribution in [-0.2, 0) is 49.8 Å². The number of benzene rings is 2. The molecule has 0 aliphatic carbocycles. The van der Waals surface area contributed by atoms with Gasteiger partial charge in [0.15, 0.2) is 34.5 Å². The Balaban J connectivity index is 0.000000327. The summed E-state index contributed by atoms with van der Waals surface area (Å²) in [6.07, 6.45) is 3.25. The van der Waals surface area contributed by atoms with Gasteiger partial charge in [-0.25, -0.2) is 0 Å². The maximum absolute atomic E-state index is 12.4. The van der Waals surface area contributed by atoms with Gasteiger partial charge in [0.1, 0.15) is 0 Å². The van der Waals surface area contributed by atoms with Crippen LogP contribution in [0.15, 0.2) is 99.0 Å². The summed E-state index contributed by atoms with van der Waals surface area (Å²) in [7, 11) is 3.28. The van der Waals surface area contributed by atoms with Crippen LogP contribution in [0.1, 0.15) is 53.4 Å². The van der Waals surface area contributed by atoms with E-state index in [1.807, 2.05) is 12.1 Å². The van der Waals surface area contributed by atoms with Gasteiger partial charge in [-0.1, -0.05) is 52.0 Å². The van der Waals surface area contributed by atoms with Crippen LogP contribution >= 0.6 is 0 Å². The van der Waals surface area contributed by atoms with E-state index in [4.69, 9.17) is 19.2 Å². The molecule has 6 rings (SSSR count). The summed E-state index contributed by atoms with van der Waals surface area (Å²) in [5.74, 6) is 1.54. The molecule has 0 atom stereocenters. The number of aryl methyl sites for hydroxylation is 2. The summed E-state index contributed by atoms with van der Waals surface area (Å²) in [5.41, 5.74) is 2.20. The predicted molar refractivity (Wildman–Crippen MR) is 199 cm³/mol. The molecule has 19 heteroatoms. The van der Waals surface area contributed by atoms with Crippen LogP contribution in [0.4, 0.5) is 11.4 Å². The van der Waals surface area contributed by atoms with E-state index in [9.17, 15) is 19.8 Å². The minimum absolute atomic E-state index is 0. The average molecular weight is 797 g/mol. The number of hydrogen-bond acceptors (Lipinski definition) is 16. The molecule has 0 radical (unpaired) electrons. The van der Waals surface area contributed by atoms with Gasteiger partial charge in [0.25, 0.3) is 11.1 Å². The number of aromatic hydroxyl groups is 2. The zero-order valence-electron chi connectivity index (χ0n) is 30.7. The summed E-state index contributed by atoms with van der Waals surface area (Å²) < 4.78 is 2.89. The van der Waals surface area contributed by atoms with Gasteiger partial charge in [0.05, 0.1) is 23.9 Å². The minimum atomic E-state index is -0.406. The number of pyridine rings is 2. The number of rotatable bonds is 6. The van der Waals surface area contributed by atoms with Gasteiger partial charge in [-0.05, 0) is 48.9 Å². The Hall–Kier alpha value is -6.41. The van der Waals surface area contributed by atoms with Crippen molar-refractivity contribution in [2.75, 3.05) is 0 Å². The second kappa shape index (κ2) is 21.3. The SMILES string of the molecule is CC(C)CC1=NN=C(N=Nc2c(O)c3ccccc3n(C)c2=O)C1.CC(C)CC1=NN=C(N=Nc2c(O)c3ccccc3n(C)c2=O)C1.O=C=O.O=C=O.[Ni]. The molecule has 0 bridgehead atoms. The molecule has 55 heavy (non-hydrogen) atoms. The van der Waals surface area contributed by atoms with Gasteiger partial charge in [0.2, 0.25) is 0 Å². The molecule has 0 saturated heterocycles. The molecular weight excluding hydrogens is 759 g/mol. The summed E-state index contributed by atoms with van der Waals surface area (Å²) in [4.78, 5) is 57.3. The van der Waals surface area contributed by atoms with E-state index in [-0.39, 0.29) is 51.7 Å². The fraction of sp³-hybridized carbons (Fsp3) is 0.333. The smallest absolute Gasteiger partial charge is 0.373 e. The van der Waals surface area contributed by atoms with Crippen molar-refractivity contribution in [2.24, 2.45) is 66.8 Å². The first kappa shape index (κ1) is 44.8. The van der Waals surface area contributed by atoms with E-state index < -0.39 is 11.1 Å². The van der Waals surface area contributed by atoms with Gasteiger partial charge >= 0.3 is 12.3 Å². The van der Waals surface area contributed by atoms with E-state index in [0.29, 0.717) is 58.2 Å². The summed E-state index contributed by atoms with van der Waals surface area (Å²) in [5, 5.41) is 53.9. The van der Waals surface area contributed by atoms with Crippen LogP contribution in [0.3, 0.4) is 0 Å². The topological polar surface area (TPSA) is 252 Å². The number of aromatic nitrogens is 2. The van der Waals surface area contributed by atoms with Crippen molar-refractivity contribution in [2.45, 2.75) is 53.4 Å². The first-order valence-electron chi connectivity index (χ1n) is 16.5. The molecule has 2 aliphatic rings. The zero-order valence-corrected chi connectivity index (χ0v) is 31.7. The van der Waals surface area contributed by atoms with Crippen LogP contribution in [0.2, 0.25) is 0 Å². The fourth-order valence-corrected chi connectivity index (χ4v) is 5.37. The second-order valence-corrected chi connectivity index (χ2v) is 12.6. The Labute approximate surface area is 323 Å². The molecule has 2 N–H and O–H groups in total. The van der Waals surface area contributed by atoms with Crippen molar-refractivity contribution in [1.82, 2.24) is 9.13 Å². The molecule has 0 fully saturated rings. The Bertz CT molecular complexity index is 2230. The van der Waals surface area contributed by atoms with Gasteiger partial charge < -0.3 is 19.3 Å². The molecule has 2 aromatic heterocycles. The molecule has 290 valence electrons. The number of nitrogens with zero attached hydrogens (tertiary/aromatic N) is 10. The van der Waals surface area contributed by atoms with Crippen LogP contribution in [0.25, 0.3) is 21.8 Å². The minimum Gasteiger partial charge on any atom is -0.505 e. The maximum atomic E-state index is 12.4. The number of carbonyl (C=O) groups excluding carboxylic acids is 4. The predicted octanol–water partition coefficient (Wildman–Crippen LogP) is 5.89. The summed E-state index contributed by atoms with van der Waals surface area (Å²) in [6.45, 7) is 8.44. The largest absolute Gasteiger partial charge is 0.505 e. The monoisotopic (exact) mass is 796 g/mol. The van der Waals surface area contributed by atoms with Crippen LogP contribution < -0.4 is 11.1 Å². The second-order valence-electron chi connectivity index (χ2n) is 12.6. The number of azo groups is 2. The van der Waals surface area contributed by atoms with E-state index in [1.165, 1.54) is 9.13 Å². The van der Waals surface area contributed by atoms with Crippen LogP contribution in [0.5, 0.6) is 11.5 Å². The van der Waals surface area contributed by atoms with Crippen LogP contribution in [0, 0.1) is 11.8 Å². The fourth-order valence-electron chi connectivity index (χ4n) is 5.37. The first-order chi connectivity index (χ1) is 25.8. The number of hydrogen-bond donors (Lipinski definition) is 2. The van der Waals surface area contributed by atoms with Crippen molar-refractivity contribution < 1.29 is 45.9 Å². The zero-order chi connectivity index (χ0) is 39.9. The normalized spacial score (nSPS) is 13.1. The molecule has 0 unspecified atom stereocenters. The summed E-state index contributed by atoms with van der Waals surface area (Å²) in [6, 6.07) is 14.2. The molecule has 0 spiro atoms. The first-order valence-corrected chi connectivity index (χ1v) is 16.5. The third-order valence-electron chi connectivity index (χ3n) is 7.66. The van der Waals surface area contributed by atoms with E-state index in [0.717, 1.165) is 24.3 Å². The molecule has 2 aromatic carbocycles. The van der Waals surface area contributed by atoms with Crippen molar-refractivity contribution in [3.8, 4) is 11.5 Å². The third-order valence-corrected chi connectivity index (χ3v) is 7.66. The average Bonchev–Trinajstić information content (AvgIpc) is 3.79. The Kier molecular flexibility index (Phi) is 17.4. The quantitative estimate of drug-likeness (QED) is 0.175. The van der Waals surface area contributed by atoms with Crippen molar-refractivity contribution in [1.29, 1.82) is 0 Å². The van der Waals surface area contributed by atoms with Gasteiger partial charge in [-0.2, -0.15) is 29.4 Å². The molecule has 4 aromatic rings. The van der Waals surface area contributed by atoms with Crippen LogP contribution in [-0.4, -0.2) is 54.7 Å². The van der Waals surface area contributed by atoms with Gasteiger partial charge in [-0.3, -0.25) is 9.59 Å². The Morgan fingerprint density at radius 2 is 0.945 bits per heavy atom. The number of para-hydroxylation sites is 2. The van der Waals surface area contributed by atoms with E-state index in [1.54, 1.807) is 50.5 Å². The van der Waals surface area contributed by atoms with E-state index in [2.05, 4.69) is 68.6 Å². The molecule has 0 saturated carbocycles. The van der Waals surface area contributed by atoms with Crippen molar-refractivity contribution >= 4 is 68.6 Å². The molecule has 0 amide bonds. The standard InChI is InChI=1S/2C17H19N5O2.2CO2.Ni/c2*1-10(2)8-11-9-14(19-18-11)20-21-15-16(23)12-6-4-5-7-13(12)22(3)17(15)24;2*2-1-3;/h2*4-7,10,23H,8-9H2,1-3H3;;;. The number of amidine groups is 2. The molecule has 4 heterocycles. The van der Waals surface area contributed by atoms with Crippen molar-refractivity contribution in [3.63, 3.8) is 0 Å². The molecular formula is C36H38N10NiO8. The molecule has 2 aliphatic heterocycles. The van der Waals surface area contributed by atoms with E-state index >= 15 is 0 Å².